The van der Waals surface area contributed by atoms with E-state index in [2.05, 4.69) is 33.1 Å². The first kappa shape index (κ1) is 8.76. The van der Waals surface area contributed by atoms with Crippen molar-refractivity contribution in [3.05, 3.63) is 31.7 Å². The number of halogens is 1. The van der Waals surface area contributed by atoms with Crippen molar-refractivity contribution in [1.82, 2.24) is 0 Å². The third-order valence-electron chi connectivity index (χ3n) is 1.42. The molecule has 0 aliphatic heterocycles. The van der Waals surface area contributed by atoms with Crippen molar-refractivity contribution in [3.8, 4) is 0 Å². The van der Waals surface area contributed by atoms with E-state index in [0.717, 1.165) is 6.42 Å². The number of rotatable bonds is 2. The zero-order valence-corrected chi connectivity index (χ0v) is 8.63. The first-order valence-electron chi connectivity index (χ1n) is 3.31. The smallest absolute Gasteiger partial charge is 0.219 e. The summed E-state index contributed by atoms with van der Waals surface area (Å²) in [6.07, 6.45) is 0.878. The molecule has 0 aromatic carbocycles. The molecule has 0 unspecified atom stereocenters. The van der Waals surface area contributed by atoms with Gasteiger partial charge >= 0.3 is 0 Å². The molecule has 0 saturated heterocycles. The summed E-state index contributed by atoms with van der Waals surface area (Å²) in [6, 6.07) is 0. The van der Waals surface area contributed by atoms with Crippen molar-refractivity contribution in [2.24, 2.45) is 0 Å². The number of hydrogen-bond donors (Lipinski definition) is 0. The fourth-order valence-electron chi connectivity index (χ4n) is 0.809. The number of hydrogen-bond acceptors (Lipinski definition) is 1. The molecule has 0 saturated carbocycles. The molecule has 1 heterocycles. The normalized spacial score (nSPS) is 9.55. The third kappa shape index (κ3) is 2.05. The monoisotopic (exact) mass is 229 g/mol. The Bertz CT molecular complexity index is 285. The highest BCUT2D eigenvalue weighted by molar-refractivity contribution is 9.10. The Morgan fingerprint density at radius 1 is 1.73 bits per heavy atom. The largest absolute Gasteiger partial charge is 0.317 e. The summed E-state index contributed by atoms with van der Waals surface area (Å²) in [7, 11) is 0. The van der Waals surface area contributed by atoms with Gasteiger partial charge in [0.25, 0.3) is 0 Å². The van der Waals surface area contributed by atoms with Crippen LogP contribution in [0.2, 0.25) is 0 Å². The van der Waals surface area contributed by atoms with Gasteiger partial charge in [-0.25, -0.2) is 6.57 Å². The molecule has 1 aromatic rings. The molecule has 0 bridgehead atoms. The van der Waals surface area contributed by atoms with Gasteiger partial charge in [0.2, 0.25) is 6.54 Å². The molecule has 1 aromatic heterocycles. The van der Waals surface area contributed by atoms with E-state index in [9.17, 15) is 0 Å². The van der Waals surface area contributed by atoms with Crippen LogP contribution < -0.4 is 0 Å². The van der Waals surface area contributed by atoms with E-state index in [-0.39, 0.29) is 0 Å². The Hall–Kier alpha value is -0.330. The summed E-state index contributed by atoms with van der Waals surface area (Å²) in [5.41, 5.74) is 1.27. The lowest BCUT2D eigenvalue weighted by Gasteiger charge is -1.90. The van der Waals surface area contributed by atoms with Crippen molar-refractivity contribution >= 4 is 27.3 Å². The molecule has 3 heteroatoms. The Labute approximate surface area is 79.0 Å². The van der Waals surface area contributed by atoms with Crippen LogP contribution in [0.1, 0.15) is 10.4 Å². The first-order valence-corrected chi connectivity index (χ1v) is 4.98. The lowest BCUT2D eigenvalue weighted by Crippen LogP contribution is -1.83. The molecule has 11 heavy (non-hydrogen) atoms. The zero-order chi connectivity index (χ0) is 8.27. The van der Waals surface area contributed by atoms with E-state index in [1.165, 1.54) is 14.9 Å². The average molecular weight is 230 g/mol. The molecule has 0 aliphatic carbocycles. The molecule has 0 N–H and O–H groups in total. The van der Waals surface area contributed by atoms with Crippen LogP contribution in [0.3, 0.4) is 0 Å². The van der Waals surface area contributed by atoms with Crippen molar-refractivity contribution in [1.29, 1.82) is 0 Å². The summed E-state index contributed by atoms with van der Waals surface area (Å²) in [6.45, 7) is 9.31. The van der Waals surface area contributed by atoms with Crippen LogP contribution in [0, 0.1) is 13.5 Å². The van der Waals surface area contributed by atoms with Crippen LogP contribution in [-0.2, 0) is 6.42 Å². The van der Waals surface area contributed by atoms with E-state index >= 15 is 0 Å². The summed E-state index contributed by atoms with van der Waals surface area (Å²) in [5.74, 6) is 0. The molecule has 0 atom stereocenters. The molecule has 0 aliphatic rings. The van der Waals surface area contributed by atoms with Gasteiger partial charge in [-0.05, 0) is 33.8 Å². The summed E-state index contributed by atoms with van der Waals surface area (Å²) < 4.78 is 1.19. The van der Waals surface area contributed by atoms with Crippen LogP contribution in [0.25, 0.3) is 4.85 Å². The van der Waals surface area contributed by atoms with E-state index in [1.54, 1.807) is 11.3 Å². The lowest BCUT2D eigenvalue weighted by molar-refractivity contribution is 1.10. The predicted molar refractivity (Wildman–Crippen MR) is 51.9 cm³/mol. The Balaban J connectivity index is 2.72. The molecular weight excluding hydrogens is 222 g/mol. The van der Waals surface area contributed by atoms with Gasteiger partial charge < -0.3 is 4.85 Å². The van der Waals surface area contributed by atoms with Crippen molar-refractivity contribution < 1.29 is 0 Å². The molecule has 58 valence electrons. The second-order valence-electron chi connectivity index (χ2n) is 2.29. The van der Waals surface area contributed by atoms with Crippen molar-refractivity contribution in [3.63, 3.8) is 0 Å². The van der Waals surface area contributed by atoms with Crippen LogP contribution in [-0.4, -0.2) is 6.54 Å². The van der Waals surface area contributed by atoms with Crippen LogP contribution >= 0.6 is 27.3 Å². The SMILES string of the molecule is [C-]#[N+]CCc1scc(C)c1Br. The molecule has 0 amide bonds. The molecule has 1 rings (SSSR count). The lowest BCUT2D eigenvalue weighted by atomic mass is 10.3. The van der Waals surface area contributed by atoms with Gasteiger partial charge in [0.15, 0.2) is 0 Å². The molecular formula is C8H8BrNS. The maximum absolute atomic E-state index is 6.64. The number of thiophene rings is 1. The van der Waals surface area contributed by atoms with Gasteiger partial charge in [-0.15, -0.1) is 11.3 Å². The van der Waals surface area contributed by atoms with Crippen LogP contribution in [0.4, 0.5) is 0 Å². The third-order valence-corrected chi connectivity index (χ3v) is 3.95. The number of nitrogens with zero attached hydrogens (tertiary/aromatic N) is 1. The average Bonchev–Trinajstić information content (AvgIpc) is 2.31. The first-order chi connectivity index (χ1) is 5.25. The minimum atomic E-state index is 0.596. The van der Waals surface area contributed by atoms with E-state index in [0.29, 0.717) is 6.54 Å². The Morgan fingerprint density at radius 3 is 2.91 bits per heavy atom. The highest BCUT2D eigenvalue weighted by atomic mass is 79.9. The van der Waals surface area contributed by atoms with Gasteiger partial charge in [-0.2, -0.15) is 0 Å². The fraction of sp³-hybridized carbons (Fsp3) is 0.375. The van der Waals surface area contributed by atoms with Gasteiger partial charge in [0, 0.05) is 9.35 Å². The molecule has 0 spiro atoms. The Kier molecular flexibility index (Phi) is 3.10. The van der Waals surface area contributed by atoms with Gasteiger partial charge in [-0.3, -0.25) is 0 Å². The van der Waals surface area contributed by atoms with Crippen LogP contribution in [0.15, 0.2) is 9.85 Å². The fourth-order valence-corrected chi connectivity index (χ4v) is 2.46. The van der Waals surface area contributed by atoms with E-state index in [4.69, 9.17) is 6.57 Å². The minimum absolute atomic E-state index is 0.596. The van der Waals surface area contributed by atoms with Crippen molar-refractivity contribution in [2.75, 3.05) is 6.54 Å². The number of aryl methyl sites for hydroxylation is 1. The standard InChI is InChI=1S/C8H8BrNS/c1-6-5-11-7(8(6)9)3-4-10-2/h5H,3-4H2,1H3. The van der Waals surface area contributed by atoms with Gasteiger partial charge in [-0.1, -0.05) is 0 Å². The summed E-state index contributed by atoms with van der Waals surface area (Å²) in [5, 5.41) is 2.11. The second kappa shape index (κ2) is 3.89. The summed E-state index contributed by atoms with van der Waals surface area (Å²) >= 11 is 5.21. The highest BCUT2D eigenvalue weighted by Gasteiger charge is 2.05. The summed E-state index contributed by atoms with van der Waals surface area (Å²) in [4.78, 5) is 4.61. The zero-order valence-electron chi connectivity index (χ0n) is 6.22. The maximum atomic E-state index is 6.64. The van der Waals surface area contributed by atoms with Crippen LogP contribution in [0.5, 0.6) is 0 Å². The van der Waals surface area contributed by atoms with Gasteiger partial charge in [0.05, 0.1) is 6.42 Å². The second-order valence-corrected chi connectivity index (χ2v) is 4.04. The van der Waals surface area contributed by atoms with Gasteiger partial charge in [0.1, 0.15) is 0 Å². The quantitative estimate of drug-likeness (QED) is 0.686. The molecule has 0 radical (unpaired) electrons. The topological polar surface area (TPSA) is 4.36 Å². The molecule has 1 nitrogen and oxygen atoms in total. The minimum Gasteiger partial charge on any atom is -0.317 e. The van der Waals surface area contributed by atoms with E-state index < -0.39 is 0 Å². The van der Waals surface area contributed by atoms with Crippen molar-refractivity contribution in [2.45, 2.75) is 13.3 Å². The highest BCUT2D eigenvalue weighted by Crippen LogP contribution is 2.27. The maximum Gasteiger partial charge on any atom is 0.219 e. The molecule has 0 fully saturated rings. The Morgan fingerprint density at radius 2 is 2.45 bits per heavy atom. The van der Waals surface area contributed by atoms with E-state index in [1.807, 2.05) is 0 Å². The predicted octanol–water partition coefficient (Wildman–Crippen LogP) is 3.28.